The van der Waals surface area contributed by atoms with Gasteiger partial charge in [-0.25, -0.2) is 13.8 Å². The Balaban J connectivity index is 1.54. The van der Waals surface area contributed by atoms with Gasteiger partial charge in [0.2, 0.25) is 0 Å². The van der Waals surface area contributed by atoms with Gasteiger partial charge in [-0.2, -0.15) is 0 Å². The molecule has 3 aromatic rings. The first-order valence-corrected chi connectivity index (χ1v) is 8.14. The summed E-state index contributed by atoms with van der Waals surface area (Å²) in [7, 11) is 0. The van der Waals surface area contributed by atoms with Crippen molar-refractivity contribution in [2.24, 2.45) is 0 Å². The molecule has 28 heavy (non-hydrogen) atoms. The normalized spacial score (nSPS) is 12.9. The number of ether oxygens (including phenoxy) is 1. The van der Waals surface area contributed by atoms with Crippen LogP contribution in [0.3, 0.4) is 0 Å². The molecular weight excluding hydrogens is 374 g/mol. The molecular formula is C18H12F2N4O4. The molecule has 0 unspecified atom stereocenters. The fourth-order valence-electron chi connectivity index (χ4n) is 2.78. The molecule has 1 aromatic heterocycles. The summed E-state index contributed by atoms with van der Waals surface area (Å²) in [6.45, 7) is 0.0100. The highest BCUT2D eigenvalue weighted by atomic mass is 19.2. The molecule has 142 valence electrons. The van der Waals surface area contributed by atoms with Crippen molar-refractivity contribution >= 4 is 28.4 Å². The Morgan fingerprint density at radius 3 is 2.86 bits per heavy atom. The van der Waals surface area contributed by atoms with Gasteiger partial charge in [0, 0.05) is 6.54 Å². The number of carbonyl (C=O) groups is 2. The second-order valence-electron chi connectivity index (χ2n) is 6.02. The lowest BCUT2D eigenvalue weighted by atomic mass is 10.1. The first kappa shape index (κ1) is 17.6. The summed E-state index contributed by atoms with van der Waals surface area (Å²) in [4.78, 5) is 41.7. The molecule has 0 saturated carbocycles. The van der Waals surface area contributed by atoms with Crippen LogP contribution >= 0.6 is 0 Å². The summed E-state index contributed by atoms with van der Waals surface area (Å²) >= 11 is 0. The van der Waals surface area contributed by atoms with E-state index in [9.17, 15) is 23.2 Å². The third kappa shape index (κ3) is 3.15. The highest BCUT2D eigenvalue weighted by molar-refractivity contribution is 5.95. The summed E-state index contributed by atoms with van der Waals surface area (Å²) < 4.78 is 32.3. The maximum atomic E-state index is 13.8. The van der Waals surface area contributed by atoms with E-state index in [4.69, 9.17) is 4.74 Å². The van der Waals surface area contributed by atoms with Crippen LogP contribution in [-0.4, -0.2) is 28.4 Å². The summed E-state index contributed by atoms with van der Waals surface area (Å²) in [6.07, 6.45) is 0. The predicted molar refractivity (Wildman–Crippen MR) is 94.0 cm³/mol. The molecule has 0 spiro atoms. The number of benzene rings is 2. The minimum absolute atomic E-state index is 0.0609. The van der Waals surface area contributed by atoms with Crippen molar-refractivity contribution in [2.75, 3.05) is 11.9 Å². The monoisotopic (exact) mass is 386 g/mol. The molecule has 2 aromatic carbocycles. The van der Waals surface area contributed by atoms with E-state index in [2.05, 4.69) is 20.6 Å². The van der Waals surface area contributed by atoms with Crippen LogP contribution in [0.5, 0.6) is 5.75 Å². The zero-order valence-corrected chi connectivity index (χ0v) is 14.1. The van der Waals surface area contributed by atoms with Crippen molar-refractivity contribution in [3.05, 3.63) is 63.7 Å². The van der Waals surface area contributed by atoms with Crippen molar-refractivity contribution in [1.82, 2.24) is 15.3 Å². The zero-order valence-electron chi connectivity index (χ0n) is 14.1. The maximum Gasteiger partial charge on any atom is 0.287 e. The van der Waals surface area contributed by atoms with E-state index in [1.165, 1.54) is 0 Å². The van der Waals surface area contributed by atoms with Crippen LogP contribution in [0.25, 0.3) is 10.9 Å². The molecule has 0 aliphatic carbocycles. The van der Waals surface area contributed by atoms with Crippen LogP contribution in [0.1, 0.15) is 16.2 Å². The molecule has 0 radical (unpaired) electrons. The maximum absolute atomic E-state index is 13.8. The van der Waals surface area contributed by atoms with Crippen LogP contribution in [0.4, 0.5) is 14.5 Å². The fourth-order valence-corrected chi connectivity index (χ4v) is 2.78. The van der Waals surface area contributed by atoms with Gasteiger partial charge in [0.1, 0.15) is 11.1 Å². The topological polar surface area (TPSA) is 113 Å². The number of anilines is 1. The second kappa shape index (κ2) is 6.72. The molecule has 2 amide bonds. The molecule has 1 aliphatic heterocycles. The number of halogens is 2. The standard InChI is InChI=1S/C18H12F2N4O4/c19-9-2-3-10-14(15(9)20)17(26)24-16(23-10)18(27)21-6-8-1-4-12-11(5-8)22-13(25)7-28-12/h1-5H,6-7H2,(H,21,27)(H,22,25)(H,23,24,26). The number of fused-ring (bicyclic) bond motifs is 2. The molecule has 0 fully saturated rings. The van der Waals surface area contributed by atoms with Gasteiger partial charge >= 0.3 is 0 Å². The highest BCUT2D eigenvalue weighted by Gasteiger charge is 2.18. The summed E-state index contributed by atoms with van der Waals surface area (Å²) in [6, 6.07) is 6.94. The number of carbonyl (C=O) groups excluding carboxylic acids is 2. The van der Waals surface area contributed by atoms with E-state index in [0.29, 0.717) is 17.0 Å². The largest absolute Gasteiger partial charge is 0.482 e. The van der Waals surface area contributed by atoms with E-state index in [-0.39, 0.29) is 30.4 Å². The first-order valence-electron chi connectivity index (χ1n) is 8.14. The molecule has 3 N–H and O–H groups in total. The molecule has 0 bridgehead atoms. The predicted octanol–water partition coefficient (Wildman–Crippen LogP) is 1.46. The summed E-state index contributed by atoms with van der Waals surface area (Å²) in [5, 5.41) is 4.66. The van der Waals surface area contributed by atoms with Crippen LogP contribution in [0, 0.1) is 11.6 Å². The average molecular weight is 386 g/mol. The van der Waals surface area contributed by atoms with Crippen molar-refractivity contribution in [2.45, 2.75) is 6.54 Å². The number of hydrogen-bond acceptors (Lipinski definition) is 5. The minimum atomic E-state index is -1.32. The van der Waals surface area contributed by atoms with Crippen LogP contribution in [-0.2, 0) is 11.3 Å². The highest BCUT2D eigenvalue weighted by Crippen LogP contribution is 2.28. The van der Waals surface area contributed by atoms with E-state index >= 15 is 0 Å². The number of nitrogens with zero attached hydrogens (tertiary/aromatic N) is 1. The van der Waals surface area contributed by atoms with Crippen molar-refractivity contribution < 1.29 is 23.1 Å². The van der Waals surface area contributed by atoms with Crippen LogP contribution in [0.15, 0.2) is 35.1 Å². The molecule has 1 aliphatic rings. The smallest absolute Gasteiger partial charge is 0.287 e. The molecule has 10 heteroatoms. The van der Waals surface area contributed by atoms with Gasteiger partial charge in [0.05, 0.1) is 11.2 Å². The number of nitrogens with one attached hydrogen (secondary N) is 3. The van der Waals surface area contributed by atoms with Crippen molar-refractivity contribution in [1.29, 1.82) is 0 Å². The minimum Gasteiger partial charge on any atom is -0.482 e. The molecule has 4 rings (SSSR count). The molecule has 2 heterocycles. The average Bonchev–Trinajstić information content (AvgIpc) is 2.68. The lowest BCUT2D eigenvalue weighted by molar-refractivity contribution is -0.118. The molecule has 8 nitrogen and oxygen atoms in total. The zero-order chi connectivity index (χ0) is 19.8. The SMILES string of the molecule is O=C1COc2ccc(CNC(=O)c3nc4ccc(F)c(F)c4c(=O)[nH]3)cc2N1. The Hall–Kier alpha value is -3.82. The fraction of sp³-hybridized carbons (Fsp3) is 0.111. The lowest BCUT2D eigenvalue weighted by Gasteiger charge is -2.18. The van der Waals surface area contributed by atoms with E-state index < -0.39 is 28.5 Å². The first-order chi connectivity index (χ1) is 13.4. The second-order valence-corrected chi connectivity index (χ2v) is 6.02. The van der Waals surface area contributed by atoms with E-state index in [1.54, 1.807) is 18.2 Å². The van der Waals surface area contributed by atoms with Gasteiger partial charge in [-0.05, 0) is 29.8 Å². The number of H-pyrrole nitrogens is 1. The summed E-state index contributed by atoms with van der Waals surface area (Å²) in [5.74, 6) is -3.31. The Labute approximate surface area is 155 Å². The molecule has 0 atom stereocenters. The number of rotatable bonds is 3. The third-order valence-corrected chi connectivity index (χ3v) is 4.11. The lowest BCUT2D eigenvalue weighted by Crippen LogP contribution is -2.28. The number of amides is 2. The van der Waals surface area contributed by atoms with Gasteiger partial charge in [-0.3, -0.25) is 14.4 Å². The van der Waals surface area contributed by atoms with Gasteiger partial charge in [-0.15, -0.1) is 0 Å². The Morgan fingerprint density at radius 2 is 2.04 bits per heavy atom. The Kier molecular flexibility index (Phi) is 4.22. The van der Waals surface area contributed by atoms with Gasteiger partial charge in [0.15, 0.2) is 24.1 Å². The van der Waals surface area contributed by atoms with Crippen molar-refractivity contribution in [3.8, 4) is 5.75 Å². The number of aromatic amines is 1. The Bertz CT molecular complexity index is 1190. The third-order valence-electron chi connectivity index (χ3n) is 4.11. The van der Waals surface area contributed by atoms with Gasteiger partial charge in [0.25, 0.3) is 17.4 Å². The number of aromatic nitrogens is 2. The van der Waals surface area contributed by atoms with Crippen LogP contribution < -0.4 is 20.9 Å². The van der Waals surface area contributed by atoms with Crippen LogP contribution in [0.2, 0.25) is 0 Å². The van der Waals surface area contributed by atoms with Gasteiger partial charge < -0.3 is 20.4 Å². The van der Waals surface area contributed by atoms with Gasteiger partial charge in [-0.1, -0.05) is 6.07 Å². The van der Waals surface area contributed by atoms with E-state index in [1.807, 2.05) is 0 Å². The van der Waals surface area contributed by atoms with E-state index in [0.717, 1.165) is 12.1 Å². The Morgan fingerprint density at radius 1 is 1.21 bits per heavy atom. The summed E-state index contributed by atoms with van der Waals surface area (Å²) in [5.41, 5.74) is 0.0501. The quantitative estimate of drug-likeness (QED) is 0.631. The van der Waals surface area contributed by atoms with Crippen molar-refractivity contribution in [3.63, 3.8) is 0 Å². The number of hydrogen-bond donors (Lipinski definition) is 3. The molecule has 0 saturated heterocycles.